The third-order valence-corrected chi connectivity index (χ3v) is 6.89. The Labute approximate surface area is 120 Å². The first-order chi connectivity index (χ1) is 8.59. The second-order valence-corrected chi connectivity index (χ2v) is 7.78. The third-order valence-electron chi connectivity index (χ3n) is 2.76. The van der Waals surface area contributed by atoms with Crippen LogP contribution < -0.4 is 10.0 Å². The van der Waals surface area contributed by atoms with Gasteiger partial charge in [0.25, 0.3) is 10.0 Å². The van der Waals surface area contributed by atoms with Gasteiger partial charge < -0.3 is 5.32 Å². The summed E-state index contributed by atoms with van der Waals surface area (Å²) in [6, 6.07) is 1.75. The largest absolute Gasteiger partial charge is 0.314 e. The van der Waals surface area contributed by atoms with Crippen molar-refractivity contribution < 1.29 is 8.42 Å². The van der Waals surface area contributed by atoms with Crippen LogP contribution in [-0.4, -0.2) is 52.6 Å². The summed E-state index contributed by atoms with van der Waals surface area (Å²) in [5, 5.41) is 5.03. The third kappa shape index (κ3) is 3.75. The highest BCUT2D eigenvalue weighted by atomic mass is 79.9. The average Bonchev–Trinajstić information content (AvgIpc) is 2.77. The number of halogens is 1. The van der Waals surface area contributed by atoms with Gasteiger partial charge in [-0.25, -0.2) is 13.1 Å². The molecular formula is C10H16BrN3O2S2. The van der Waals surface area contributed by atoms with Crippen molar-refractivity contribution in [3.63, 3.8) is 0 Å². The van der Waals surface area contributed by atoms with E-state index in [9.17, 15) is 8.42 Å². The predicted octanol–water partition coefficient (Wildman–Crippen LogP) is 0.694. The fourth-order valence-electron chi connectivity index (χ4n) is 1.81. The van der Waals surface area contributed by atoms with Crippen LogP contribution in [0.5, 0.6) is 0 Å². The predicted molar refractivity (Wildman–Crippen MR) is 76.5 cm³/mol. The standard InChI is InChI=1S/C10H16BrN3O2S2/c11-9-1-8-17-10(9)18(15,16)13-4-7-14-5-2-12-3-6-14/h1,8,12-13H,2-7H2. The van der Waals surface area contributed by atoms with E-state index in [0.717, 1.165) is 32.7 Å². The lowest BCUT2D eigenvalue weighted by Gasteiger charge is -2.26. The van der Waals surface area contributed by atoms with Crippen molar-refractivity contribution in [2.75, 3.05) is 39.3 Å². The van der Waals surface area contributed by atoms with Gasteiger partial charge >= 0.3 is 0 Å². The molecule has 0 amide bonds. The molecule has 1 aromatic heterocycles. The van der Waals surface area contributed by atoms with Crippen LogP contribution in [-0.2, 0) is 10.0 Å². The maximum atomic E-state index is 12.0. The molecule has 0 unspecified atom stereocenters. The molecule has 5 nitrogen and oxygen atoms in total. The molecular weight excluding hydrogens is 338 g/mol. The Balaban J connectivity index is 1.84. The number of hydrogen-bond acceptors (Lipinski definition) is 5. The normalized spacial score (nSPS) is 18.1. The first-order valence-electron chi connectivity index (χ1n) is 5.75. The zero-order valence-corrected chi connectivity index (χ0v) is 13.1. The van der Waals surface area contributed by atoms with Crippen LogP contribution in [0.4, 0.5) is 0 Å². The fraction of sp³-hybridized carbons (Fsp3) is 0.600. The highest BCUT2D eigenvalue weighted by Gasteiger charge is 2.19. The van der Waals surface area contributed by atoms with E-state index in [1.165, 1.54) is 11.3 Å². The summed E-state index contributed by atoms with van der Waals surface area (Å²) in [5.41, 5.74) is 0. The van der Waals surface area contributed by atoms with Crippen molar-refractivity contribution in [1.82, 2.24) is 14.9 Å². The highest BCUT2D eigenvalue weighted by molar-refractivity contribution is 9.10. The quantitative estimate of drug-likeness (QED) is 0.817. The first kappa shape index (κ1) is 14.4. The molecule has 1 fully saturated rings. The Hall–Kier alpha value is 0.01000. The zero-order chi connectivity index (χ0) is 13.0. The van der Waals surface area contributed by atoms with Gasteiger partial charge in [0.05, 0.1) is 0 Å². The van der Waals surface area contributed by atoms with Gasteiger partial charge in [-0.05, 0) is 27.4 Å². The van der Waals surface area contributed by atoms with Crippen molar-refractivity contribution in [3.8, 4) is 0 Å². The lowest BCUT2D eigenvalue weighted by atomic mass is 10.3. The summed E-state index contributed by atoms with van der Waals surface area (Å²) < 4.78 is 27.6. The van der Waals surface area contributed by atoms with Crippen LogP contribution in [0.2, 0.25) is 0 Å². The molecule has 2 heterocycles. The minimum Gasteiger partial charge on any atom is -0.314 e. The number of sulfonamides is 1. The Bertz CT molecular complexity index is 483. The van der Waals surface area contributed by atoms with E-state index in [2.05, 4.69) is 30.9 Å². The molecule has 0 spiro atoms. The summed E-state index contributed by atoms with van der Waals surface area (Å²) in [5.74, 6) is 0. The summed E-state index contributed by atoms with van der Waals surface area (Å²) >= 11 is 4.46. The maximum absolute atomic E-state index is 12.0. The van der Waals surface area contributed by atoms with E-state index >= 15 is 0 Å². The molecule has 1 aliphatic rings. The molecule has 1 aromatic rings. The lowest BCUT2D eigenvalue weighted by molar-refractivity contribution is 0.245. The van der Waals surface area contributed by atoms with Crippen molar-refractivity contribution in [2.24, 2.45) is 0 Å². The van der Waals surface area contributed by atoms with E-state index in [4.69, 9.17) is 0 Å². The molecule has 0 atom stereocenters. The first-order valence-corrected chi connectivity index (χ1v) is 8.91. The molecule has 102 valence electrons. The summed E-state index contributed by atoms with van der Waals surface area (Å²) in [7, 11) is -3.37. The minimum absolute atomic E-state index is 0.350. The zero-order valence-electron chi connectivity index (χ0n) is 9.86. The molecule has 1 aliphatic heterocycles. The van der Waals surface area contributed by atoms with Crippen molar-refractivity contribution >= 4 is 37.3 Å². The summed E-state index contributed by atoms with van der Waals surface area (Å²) in [6.45, 7) is 5.11. The monoisotopic (exact) mass is 353 g/mol. The molecule has 1 saturated heterocycles. The summed E-state index contributed by atoms with van der Waals surface area (Å²) in [6.07, 6.45) is 0. The van der Waals surface area contributed by atoms with E-state index in [1.54, 1.807) is 11.4 Å². The number of rotatable bonds is 5. The van der Waals surface area contributed by atoms with Crippen LogP contribution in [0.1, 0.15) is 0 Å². The van der Waals surface area contributed by atoms with Crippen molar-refractivity contribution in [3.05, 3.63) is 15.9 Å². The summed E-state index contributed by atoms with van der Waals surface area (Å²) in [4.78, 5) is 2.25. The molecule has 8 heteroatoms. The van der Waals surface area contributed by atoms with Gasteiger partial charge in [0.15, 0.2) is 0 Å². The van der Waals surface area contributed by atoms with E-state index in [1.807, 2.05) is 0 Å². The van der Waals surface area contributed by atoms with Crippen LogP contribution in [0.25, 0.3) is 0 Å². The Morgan fingerprint density at radius 3 is 2.78 bits per heavy atom. The SMILES string of the molecule is O=S(=O)(NCCN1CCNCC1)c1sccc1Br. The Morgan fingerprint density at radius 1 is 1.44 bits per heavy atom. The molecule has 0 saturated carbocycles. The van der Waals surface area contributed by atoms with Crippen LogP contribution in [0, 0.1) is 0 Å². The molecule has 0 radical (unpaired) electrons. The average molecular weight is 354 g/mol. The highest BCUT2D eigenvalue weighted by Crippen LogP contribution is 2.27. The minimum atomic E-state index is -3.37. The number of piperazine rings is 1. The Kier molecular flexibility index (Phi) is 5.16. The Morgan fingerprint density at radius 2 is 2.17 bits per heavy atom. The maximum Gasteiger partial charge on any atom is 0.251 e. The number of thiophene rings is 1. The number of nitrogens with one attached hydrogen (secondary N) is 2. The van der Waals surface area contributed by atoms with Gasteiger partial charge in [-0.2, -0.15) is 0 Å². The van der Waals surface area contributed by atoms with Crippen LogP contribution in [0.3, 0.4) is 0 Å². The fourth-order valence-corrected chi connectivity index (χ4v) is 5.21. The van der Waals surface area contributed by atoms with E-state index in [-0.39, 0.29) is 0 Å². The van der Waals surface area contributed by atoms with Gasteiger partial charge in [0, 0.05) is 43.7 Å². The van der Waals surface area contributed by atoms with Gasteiger partial charge in [0.2, 0.25) is 0 Å². The number of nitrogens with zero attached hydrogens (tertiary/aromatic N) is 1. The number of hydrogen-bond donors (Lipinski definition) is 2. The molecule has 0 aromatic carbocycles. The van der Waals surface area contributed by atoms with Crippen LogP contribution in [0.15, 0.2) is 20.1 Å². The molecule has 0 aliphatic carbocycles. The van der Waals surface area contributed by atoms with E-state index < -0.39 is 10.0 Å². The van der Waals surface area contributed by atoms with Gasteiger partial charge in [-0.15, -0.1) is 11.3 Å². The van der Waals surface area contributed by atoms with Gasteiger partial charge in [-0.1, -0.05) is 0 Å². The molecule has 18 heavy (non-hydrogen) atoms. The molecule has 2 N–H and O–H groups in total. The lowest BCUT2D eigenvalue weighted by Crippen LogP contribution is -2.46. The second-order valence-electron chi connectivity index (χ2n) is 4.05. The smallest absolute Gasteiger partial charge is 0.251 e. The van der Waals surface area contributed by atoms with Crippen molar-refractivity contribution in [1.29, 1.82) is 0 Å². The van der Waals surface area contributed by atoms with Gasteiger partial charge in [-0.3, -0.25) is 4.90 Å². The van der Waals surface area contributed by atoms with E-state index in [0.29, 0.717) is 15.2 Å². The van der Waals surface area contributed by atoms with Crippen molar-refractivity contribution in [2.45, 2.75) is 4.21 Å². The topological polar surface area (TPSA) is 61.4 Å². The molecule has 0 bridgehead atoms. The second kappa shape index (κ2) is 6.44. The van der Waals surface area contributed by atoms with Gasteiger partial charge in [0.1, 0.15) is 4.21 Å². The molecule has 2 rings (SSSR count). The van der Waals surface area contributed by atoms with Crippen LogP contribution >= 0.6 is 27.3 Å².